The molecule has 0 radical (unpaired) electrons. The number of hydrogen-bond acceptors (Lipinski definition) is 4. The van der Waals surface area contributed by atoms with Gasteiger partial charge in [-0.25, -0.2) is 4.98 Å². The van der Waals surface area contributed by atoms with Crippen molar-refractivity contribution in [3.8, 4) is 0 Å². The second-order valence-electron chi connectivity index (χ2n) is 4.97. The molecule has 2 N–H and O–H groups in total. The lowest BCUT2D eigenvalue weighted by atomic mass is 10.1. The maximum Gasteiger partial charge on any atom is 0.228 e. The highest BCUT2D eigenvalue weighted by Gasteiger charge is 2.11. The molecule has 2 aromatic heterocycles. The highest BCUT2D eigenvalue weighted by Crippen LogP contribution is 2.16. The van der Waals surface area contributed by atoms with Crippen LogP contribution in [0.5, 0.6) is 0 Å². The first-order chi connectivity index (χ1) is 10.2. The molecule has 0 saturated heterocycles. The molecule has 7 heteroatoms. The third-order valence-electron chi connectivity index (χ3n) is 3.35. The lowest BCUT2D eigenvalue weighted by molar-refractivity contribution is -0.115. The van der Waals surface area contributed by atoms with E-state index in [0.717, 1.165) is 42.0 Å². The summed E-state index contributed by atoms with van der Waals surface area (Å²) in [5.41, 5.74) is 3.80. The van der Waals surface area contributed by atoms with Gasteiger partial charge in [-0.2, -0.15) is 0 Å². The second kappa shape index (κ2) is 7.54. The van der Waals surface area contributed by atoms with Gasteiger partial charge in [-0.1, -0.05) is 17.7 Å². The third kappa shape index (κ3) is 4.16. The van der Waals surface area contributed by atoms with Crippen LogP contribution in [0.2, 0.25) is 5.15 Å². The van der Waals surface area contributed by atoms with Gasteiger partial charge in [0.1, 0.15) is 5.15 Å². The van der Waals surface area contributed by atoms with Gasteiger partial charge in [-0.05, 0) is 23.3 Å². The molecule has 1 aliphatic heterocycles. The Bertz CT molecular complexity index is 661. The number of rotatable bonds is 3. The second-order valence-corrected chi connectivity index (χ2v) is 5.36. The van der Waals surface area contributed by atoms with Crippen molar-refractivity contribution in [3.05, 3.63) is 52.6 Å². The maximum atomic E-state index is 12.0. The molecule has 1 aliphatic rings. The Balaban J connectivity index is 0.00000176. The molecule has 0 saturated carbocycles. The molecule has 116 valence electrons. The Morgan fingerprint density at radius 2 is 2.18 bits per heavy atom. The van der Waals surface area contributed by atoms with Gasteiger partial charge >= 0.3 is 0 Å². The molecule has 22 heavy (non-hydrogen) atoms. The number of fused-ring (bicyclic) bond motifs is 1. The van der Waals surface area contributed by atoms with E-state index >= 15 is 0 Å². The molecule has 5 nitrogen and oxygen atoms in total. The van der Waals surface area contributed by atoms with Crippen molar-refractivity contribution in [1.82, 2.24) is 15.3 Å². The molecule has 3 heterocycles. The average Bonchev–Trinajstić information content (AvgIpc) is 2.49. The Labute approximate surface area is 139 Å². The van der Waals surface area contributed by atoms with Crippen molar-refractivity contribution in [2.45, 2.75) is 19.4 Å². The molecule has 0 fully saturated rings. The Morgan fingerprint density at radius 3 is 2.95 bits per heavy atom. The van der Waals surface area contributed by atoms with E-state index in [1.807, 2.05) is 6.07 Å². The minimum absolute atomic E-state index is 0. The number of amides is 1. The van der Waals surface area contributed by atoms with Gasteiger partial charge in [0.05, 0.1) is 18.3 Å². The number of nitrogens with zero attached hydrogens (tertiary/aromatic N) is 2. The molecule has 0 unspecified atom stereocenters. The van der Waals surface area contributed by atoms with Crippen LogP contribution >= 0.6 is 24.0 Å². The van der Waals surface area contributed by atoms with Gasteiger partial charge in [0.25, 0.3) is 0 Å². The van der Waals surface area contributed by atoms with Crippen LogP contribution in [0.25, 0.3) is 0 Å². The van der Waals surface area contributed by atoms with E-state index in [-0.39, 0.29) is 24.7 Å². The van der Waals surface area contributed by atoms with E-state index in [9.17, 15) is 4.79 Å². The molecule has 3 rings (SSSR count). The minimum Gasteiger partial charge on any atom is -0.324 e. The zero-order valence-electron chi connectivity index (χ0n) is 11.8. The van der Waals surface area contributed by atoms with Crippen LogP contribution in [-0.4, -0.2) is 22.4 Å². The van der Waals surface area contributed by atoms with Crippen LogP contribution < -0.4 is 10.6 Å². The fraction of sp³-hybridized carbons (Fsp3) is 0.267. The van der Waals surface area contributed by atoms with Gasteiger partial charge in [-0.3, -0.25) is 9.78 Å². The van der Waals surface area contributed by atoms with E-state index in [2.05, 4.69) is 20.6 Å². The number of anilines is 1. The fourth-order valence-electron chi connectivity index (χ4n) is 2.32. The van der Waals surface area contributed by atoms with Crippen molar-refractivity contribution in [1.29, 1.82) is 0 Å². The highest BCUT2D eigenvalue weighted by atomic mass is 35.5. The number of carbonyl (C=O) groups excluding carboxylic acids is 1. The van der Waals surface area contributed by atoms with Crippen LogP contribution in [0.4, 0.5) is 5.69 Å². The SMILES string of the molecule is Cl.O=C(Cc1ccc(Cl)nc1)Nc1cnc2c(c1)CNCC2. The van der Waals surface area contributed by atoms with E-state index in [0.29, 0.717) is 5.15 Å². The standard InChI is InChI=1S/C15H15ClN4O.ClH/c16-14-2-1-10(7-19-14)5-15(21)20-12-6-11-8-17-4-3-13(11)18-9-12;/h1-2,6-7,9,17H,3-5,8H2,(H,20,21);1H. The summed E-state index contributed by atoms with van der Waals surface area (Å²) in [4.78, 5) is 20.4. The number of halogens is 2. The molecular formula is C15H16Cl2N4O. The first-order valence-corrected chi connectivity index (χ1v) is 7.17. The van der Waals surface area contributed by atoms with Crippen molar-refractivity contribution >= 4 is 35.6 Å². The van der Waals surface area contributed by atoms with Crippen LogP contribution in [-0.2, 0) is 24.2 Å². The average molecular weight is 339 g/mol. The Kier molecular flexibility index (Phi) is 5.71. The summed E-state index contributed by atoms with van der Waals surface area (Å²) in [6.07, 6.45) is 4.51. The predicted octanol–water partition coefficient (Wildman–Crippen LogP) is 2.38. The van der Waals surface area contributed by atoms with Gasteiger partial charge in [0.15, 0.2) is 0 Å². The molecule has 2 aromatic rings. The van der Waals surface area contributed by atoms with Crippen molar-refractivity contribution < 1.29 is 4.79 Å². The van der Waals surface area contributed by atoms with E-state index in [4.69, 9.17) is 11.6 Å². The zero-order valence-corrected chi connectivity index (χ0v) is 13.4. The predicted molar refractivity (Wildman–Crippen MR) is 88.5 cm³/mol. The van der Waals surface area contributed by atoms with E-state index in [1.54, 1.807) is 24.5 Å². The molecule has 0 spiro atoms. The van der Waals surface area contributed by atoms with Gasteiger partial charge in [0.2, 0.25) is 5.91 Å². The lowest BCUT2D eigenvalue weighted by Gasteiger charge is -2.17. The Hall–Kier alpha value is -1.69. The molecular weight excluding hydrogens is 323 g/mol. The normalized spacial score (nSPS) is 13.0. The smallest absolute Gasteiger partial charge is 0.228 e. The van der Waals surface area contributed by atoms with Gasteiger partial charge < -0.3 is 10.6 Å². The fourth-order valence-corrected chi connectivity index (χ4v) is 2.43. The quantitative estimate of drug-likeness (QED) is 0.843. The molecule has 0 atom stereocenters. The van der Waals surface area contributed by atoms with Crippen molar-refractivity contribution in [2.75, 3.05) is 11.9 Å². The van der Waals surface area contributed by atoms with Gasteiger partial charge in [0, 0.05) is 31.4 Å². The van der Waals surface area contributed by atoms with Crippen LogP contribution in [0.1, 0.15) is 16.8 Å². The topological polar surface area (TPSA) is 66.9 Å². The van der Waals surface area contributed by atoms with Crippen LogP contribution in [0.3, 0.4) is 0 Å². The summed E-state index contributed by atoms with van der Waals surface area (Å²) in [6.45, 7) is 1.75. The maximum absolute atomic E-state index is 12.0. The van der Waals surface area contributed by atoms with Crippen LogP contribution in [0, 0.1) is 0 Å². The van der Waals surface area contributed by atoms with Gasteiger partial charge in [-0.15, -0.1) is 12.4 Å². The summed E-state index contributed by atoms with van der Waals surface area (Å²) in [5.74, 6) is -0.0929. The number of nitrogens with one attached hydrogen (secondary N) is 2. The minimum atomic E-state index is -0.0929. The summed E-state index contributed by atoms with van der Waals surface area (Å²) in [7, 11) is 0. The largest absolute Gasteiger partial charge is 0.324 e. The number of hydrogen-bond donors (Lipinski definition) is 2. The third-order valence-corrected chi connectivity index (χ3v) is 3.57. The summed E-state index contributed by atoms with van der Waals surface area (Å²) < 4.78 is 0. The monoisotopic (exact) mass is 338 g/mol. The number of aromatic nitrogens is 2. The summed E-state index contributed by atoms with van der Waals surface area (Å²) >= 11 is 5.72. The first-order valence-electron chi connectivity index (χ1n) is 6.79. The van der Waals surface area contributed by atoms with E-state index in [1.165, 1.54) is 0 Å². The van der Waals surface area contributed by atoms with E-state index < -0.39 is 0 Å². The molecule has 0 bridgehead atoms. The Morgan fingerprint density at radius 1 is 1.32 bits per heavy atom. The van der Waals surface area contributed by atoms with Crippen molar-refractivity contribution in [3.63, 3.8) is 0 Å². The molecule has 1 amide bonds. The number of carbonyl (C=O) groups is 1. The molecule has 0 aromatic carbocycles. The molecule has 0 aliphatic carbocycles. The first kappa shape index (κ1) is 16.7. The lowest BCUT2D eigenvalue weighted by Crippen LogP contribution is -2.25. The summed E-state index contributed by atoms with van der Waals surface area (Å²) in [6, 6.07) is 5.45. The van der Waals surface area contributed by atoms with Crippen molar-refractivity contribution in [2.24, 2.45) is 0 Å². The van der Waals surface area contributed by atoms with Crippen LogP contribution in [0.15, 0.2) is 30.6 Å². The summed E-state index contributed by atoms with van der Waals surface area (Å²) in [5, 5.41) is 6.58. The zero-order chi connectivity index (χ0) is 14.7. The number of pyridine rings is 2. The highest BCUT2D eigenvalue weighted by molar-refractivity contribution is 6.29.